The molecule has 25 heavy (non-hydrogen) atoms. The molecule has 2 aliphatic heterocycles. The number of rotatable bonds is 3. The number of hydrogen-bond donors (Lipinski definition) is 1. The molecule has 0 saturated heterocycles. The topological polar surface area (TPSA) is 47.9 Å². The third kappa shape index (κ3) is 4.07. The fourth-order valence-electron chi connectivity index (χ4n) is 2.74. The van der Waals surface area contributed by atoms with Gasteiger partial charge in [0.15, 0.2) is 23.0 Å². The number of alkyl halides is 1. The molecule has 0 spiro atoms. The van der Waals surface area contributed by atoms with Gasteiger partial charge in [0.2, 0.25) is 0 Å². The van der Waals surface area contributed by atoms with E-state index in [0.29, 0.717) is 49.4 Å². The minimum Gasteiger partial charge on any atom is -0.504 e. The molecule has 2 aromatic rings. The van der Waals surface area contributed by atoms with E-state index < -0.39 is 5.82 Å². The highest BCUT2D eigenvalue weighted by Gasteiger charge is 2.19. The van der Waals surface area contributed by atoms with E-state index in [1.54, 1.807) is 0 Å². The number of phenolic OH excluding ortho intramolecular Hbond substituents is 1. The Kier molecular flexibility index (Phi) is 5.48. The van der Waals surface area contributed by atoms with Crippen molar-refractivity contribution in [1.82, 2.24) is 0 Å². The van der Waals surface area contributed by atoms with Gasteiger partial charge in [-0.15, -0.1) is 11.6 Å². The molecule has 0 atom stereocenters. The molecular formula is C18H17ClF2O4. The number of benzene rings is 2. The Hall–Kier alpha value is -2.21. The maximum absolute atomic E-state index is 13.1. The monoisotopic (exact) mass is 370 g/mol. The highest BCUT2D eigenvalue weighted by Crippen LogP contribution is 2.36. The van der Waals surface area contributed by atoms with Crippen LogP contribution in [0.15, 0.2) is 24.3 Å². The predicted molar refractivity (Wildman–Crippen MR) is 89.1 cm³/mol. The van der Waals surface area contributed by atoms with Gasteiger partial charge in [0.1, 0.15) is 18.2 Å². The second-order valence-corrected chi connectivity index (χ2v) is 5.92. The zero-order valence-electron chi connectivity index (χ0n) is 13.4. The van der Waals surface area contributed by atoms with Crippen molar-refractivity contribution in [2.24, 2.45) is 0 Å². The predicted octanol–water partition coefficient (Wildman–Crippen LogP) is 3.84. The number of halogens is 3. The first kappa shape index (κ1) is 17.6. The van der Waals surface area contributed by atoms with Crippen LogP contribution in [-0.4, -0.2) is 30.8 Å². The van der Waals surface area contributed by atoms with E-state index >= 15 is 0 Å². The standard InChI is InChI=1S/C10H10ClFO2.C8H7FO2/c11-2-4-13-9-6-8(12)5-7-1-3-14-10(7)9;9-6-3-5-1-2-11-8(5)7(10)4-6/h5-6H,1-4H2;3-4,10H,1-2H2. The molecule has 0 aliphatic carbocycles. The van der Waals surface area contributed by atoms with Gasteiger partial charge < -0.3 is 19.3 Å². The van der Waals surface area contributed by atoms with Crippen molar-refractivity contribution in [2.45, 2.75) is 12.8 Å². The number of hydrogen-bond acceptors (Lipinski definition) is 4. The Balaban J connectivity index is 0.000000150. The van der Waals surface area contributed by atoms with Crippen LogP contribution < -0.4 is 14.2 Å². The fraction of sp³-hybridized carbons (Fsp3) is 0.333. The average molecular weight is 371 g/mol. The second-order valence-electron chi connectivity index (χ2n) is 5.54. The van der Waals surface area contributed by atoms with Gasteiger partial charge >= 0.3 is 0 Å². The molecule has 0 bridgehead atoms. The lowest BCUT2D eigenvalue weighted by Gasteiger charge is -2.08. The molecule has 4 nitrogen and oxygen atoms in total. The quantitative estimate of drug-likeness (QED) is 0.834. The van der Waals surface area contributed by atoms with Crippen LogP contribution in [0.3, 0.4) is 0 Å². The molecule has 2 heterocycles. The van der Waals surface area contributed by atoms with Gasteiger partial charge in [-0.25, -0.2) is 8.78 Å². The average Bonchev–Trinajstić information content (AvgIpc) is 3.21. The summed E-state index contributed by atoms with van der Waals surface area (Å²) in [7, 11) is 0. The molecule has 0 unspecified atom stereocenters. The van der Waals surface area contributed by atoms with Crippen LogP contribution in [-0.2, 0) is 12.8 Å². The van der Waals surface area contributed by atoms with Gasteiger partial charge in [-0.2, -0.15) is 0 Å². The first-order chi connectivity index (χ1) is 12.1. The van der Waals surface area contributed by atoms with E-state index in [-0.39, 0.29) is 11.6 Å². The zero-order valence-corrected chi connectivity index (χ0v) is 14.1. The molecule has 4 rings (SSSR count). The van der Waals surface area contributed by atoms with E-state index in [0.717, 1.165) is 23.6 Å². The summed E-state index contributed by atoms with van der Waals surface area (Å²) >= 11 is 5.48. The molecule has 0 radical (unpaired) electrons. The summed E-state index contributed by atoms with van der Waals surface area (Å²) in [6.07, 6.45) is 1.42. The summed E-state index contributed by atoms with van der Waals surface area (Å²) in [5.41, 5.74) is 1.62. The number of fused-ring (bicyclic) bond motifs is 2. The van der Waals surface area contributed by atoms with Crippen LogP contribution in [0, 0.1) is 11.6 Å². The fourth-order valence-corrected chi connectivity index (χ4v) is 2.82. The van der Waals surface area contributed by atoms with Crippen molar-refractivity contribution in [1.29, 1.82) is 0 Å². The van der Waals surface area contributed by atoms with Crippen molar-refractivity contribution in [3.05, 3.63) is 47.0 Å². The largest absolute Gasteiger partial charge is 0.504 e. The molecule has 0 amide bonds. The van der Waals surface area contributed by atoms with Crippen molar-refractivity contribution >= 4 is 11.6 Å². The molecule has 2 aliphatic rings. The van der Waals surface area contributed by atoms with Crippen molar-refractivity contribution in [3.63, 3.8) is 0 Å². The summed E-state index contributed by atoms with van der Waals surface area (Å²) in [5.74, 6) is 1.13. The van der Waals surface area contributed by atoms with Crippen molar-refractivity contribution in [3.8, 4) is 23.0 Å². The third-order valence-corrected chi connectivity index (χ3v) is 3.93. The van der Waals surface area contributed by atoms with Crippen LogP contribution in [0.2, 0.25) is 0 Å². The minimum atomic E-state index is -0.410. The summed E-state index contributed by atoms with van der Waals surface area (Å²) in [5, 5.41) is 9.15. The number of phenols is 1. The molecule has 134 valence electrons. The molecule has 1 N–H and O–H groups in total. The Morgan fingerprint density at radius 1 is 0.960 bits per heavy atom. The summed E-state index contributed by atoms with van der Waals surface area (Å²) in [6.45, 7) is 1.49. The molecule has 7 heteroatoms. The van der Waals surface area contributed by atoms with E-state index in [4.69, 9.17) is 30.9 Å². The summed E-state index contributed by atoms with van der Waals surface area (Å²) < 4.78 is 41.4. The van der Waals surface area contributed by atoms with Crippen LogP contribution in [0.25, 0.3) is 0 Å². The Bertz CT molecular complexity index is 767. The van der Waals surface area contributed by atoms with Gasteiger partial charge in [0, 0.05) is 36.1 Å². The van der Waals surface area contributed by atoms with E-state index in [2.05, 4.69) is 0 Å². The minimum absolute atomic E-state index is 0.0995. The van der Waals surface area contributed by atoms with Gasteiger partial charge in [-0.1, -0.05) is 0 Å². The van der Waals surface area contributed by atoms with Crippen LogP contribution >= 0.6 is 11.6 Å². The lowest BCUT2D eigenvalue weighted by atomic mass is 10.1. The summed E-state index contributed by atoms with van der Waals surface area (Å²) in [6, 6.07) is 5.26. The molecular weight excluding hydrogens is 354 g/mol. The lowest BCUT2D eigenvalue weighted by molar-refractivity contribution is 0.298. The smallest absolute Gasteiger partial charge is 0.164 e. The highest BCUT2D eigenvalue weighted by atomic mass is 35.5. The molecule has 2 aromatic carbocycles. The molecule has 0 saturated carbocycles. The number of ether oxygens (including phenoxy) is 3. The Morgan fingerprint density at radius 3 is 2.24 bits per heavy atom. The van der Waals surface area contributed by atoms with Gasteiger partial charge in [0.05, 0.1) is 19.1 Å². The van der Waals surface area contributed by atoms with E-state index in [9.17, 15) is 8.78 Å². The maximum Gasteiger partial charge on any atom is 0.164 e. The van der Waals surface area contributed by atoms with Crippen LogP contribution in [0.5, 0.6) is 23.0 Å². The molecule has 0 fully saturated rings. The van der Waals surface area contributed by atoms with Crippen molar-refractivity contribution < 1.29 is 28.1 Å². The SMILES string of the molecule is Fc1cc2c(c(OCCCl)c1)OCC2.Oc1cc(F)cc2c1OCC2. The number of aromatic hydroxyl groups is 1. The lowest BCUT2D eigenvalue weighted by Crippen LogP contribution is -2.00. The highest BCUT2D eigenvalue weighted by molar-refractivity contribution is 6.18. The summed E-state index contributed by atoms with van der Waals surface area (Å²) in [4.78, 5) is 0. The van der Waals surface area contributed by atoms with Crippen molar-refractivity contribution in [2.75, 3.05) is 25.7 Å². The van der Waals surface area contributed by atoms with Crippen LogP contribution in [0.4, 0.5) is 8.78 Å². The van der Waals surface area contributed by atoms with E-state index in [1.807, 2.05) is 0 Å². The Morgan fingerprint density at radius 2 is 1.56 bits per heavy atom. The van der Waals surface area contributed by atoms with E-state index in [1.165, 1.54) is 18.2 Å². The first-order valence-electron chi connectivity index (χ1n) is 7.86. The van der Waals surface area contributed by atoms with Gasteiger partial charge in [-0.05, 0) is 12.1 Å². The zero-order chi connectivity index (χ0) is 17.8. The normalized spacial score (nSPS) is 13.9. The second kappa shape index (κ2) is 7.78. The third-order valence-electron chi connectivity index (χ3n) is 3.78. The molecule has 0 aromatic heterocycles. The van der Waals surface area contributed by atoms with Gasteiger partial charge in [-0.3, -0.25) is 0 Å². The van der Waals surface area contributed by atoms with Crippen LogP contribution in [0.1, 0.15) is 11.1 Å². The maximum atomic E-state index is 13.1. The Labute approximate surface area is 148 Å². The first-order valence-corrected chi connectivity index (χ1v) is 8.40. The van der Waals surface area contributed by atoms with Gasteiger partial charge in [0.25, 0.3) is 0 Å².